The number of aryl methyl sites for hydroxylation is 1. The fraction of sp³-hybridized carbons (Fsp3) is 0.300. The topological polar surface area (TPSA) is 75.4 Å². The van der Waals surface area contributed by atoms with E-state index >= 15 is 0 Å². The number of rotatable bonds is 5. The van der Waals surface area contributed by atoms with Crippen molar-refractivity contribution < 1.29 is 9.59 Å². The molecule has 3 rings (SSSR count). The summed E-state index contributed by atoms with van der Waals surface area (Å²) in [7, 11) is 0. The molecule has 1 aliphatic rings. The minimum Gasteiger partial charge on any atom is -0.368 e. The monoisotopic (exact) mass is 337 g/mol. The third-order valence-electron chi connectivity index (χ3n) is 4.61. The number of benzene rings is 2. The Kier molecular flexibility index (Phi) is 5.14. The van der Waals surface area contributed by atoms with E-state index in [0.717, 1.165) is 23.1 Å². The van der Waals surface area contributed by atoms with Crippen molar-refractivity contribution in [1.29, 1.82) is 0 Å². The molecule has 0 aromatic heterocycles. The lowest BCUT2D eigenvalue weighted by molar-refractivity contribution is -0.127. The molecule has 130 valence electrons. The van der Waals surface area contributed by atoms with Crippen molar-refractivity contribution in [1.82, 2.24) is 10.2 Å². The fourth-order valence-corrected chi connectivity index (χ4v) is 3.27. The zero-order valence-corrected chi connectivity index (χ0v) is 14.4. The van der Waals surface area contributed by atoms with Crippen molar-refractivity contribution in [2.75, 3.05) is 13.1 Å². The average molecular weight is 337 g/mol. The van der Waals surface area contributed by atoms with Crippen LogP contribution in [-0.4, -0.2) is 29.8 Å². The number of carbonyl (C=O) groups is 2. The van der Waals surface area contributed by atoms with Crippen LogP contribution in [0.5, 0.6) is 0 Å². The summed E-state index contributed by atoms with van der Waals surface area (Å²) >= 11 is 0. The summed E-state index contributed by atoms with van der Waals surface area (Å²) in [6.07, 6.45) is 0.811. The van der Waals surface area contributed by atoms with Crippen LogP contribution >= 0.6 is 0 Å². The molecule has 5 heteroatoms. The zero-order valence-electron chi connectivity index (χ0n) is 14.4. The van der Waals surface area contributed by atoms with E-state index in [1.54, 1.807) is 0 Å². The average Bonchev–Trinajstić information content (AvgIpc) is 2.60. The highest BCUT2D eigenvalue weighted by Crippen LogP contribution is 2.29. The van der Waals surface area contributed by atoms with E-state index in [0.29, 0.717) is 13.1 Å². The van der Waals surface area contributed by atoms with Gasteiger partial charge in [0.1, 0.15) is 6.04 Å². The molecule has 0 fully saturated rings. The Morgan fingerprint density at radius 1 is 1.16 bits per heavy atom. The maximum absolute atomic E-state index is 12.3. The third kappa shape index (κ3) is 4.06. The molecule has 0 unspecified atom stereocenters. The van der Waals surface area contributed by atoms with Crippen LogP contribution < -0.4 is 11.1 Å². The standard InChI is InChI=1S/C20H23N3O2/c1-14-6-8-15(9-7-14)12-22-18(24)13-23-11-10-16-4-2-3-5-17(16)19(23)20(21)25/h2-9,19H,10-13H2,1H3,(H2,21,25)(H,22,24)/t19-/m0/s1. The molecule has 2 amide bonds. The van der Waals surface area contributed by atoms with Gasteiger partial charge in [-0.3, -0.25) is 14.5 Å². The van der Waals surface area contributed by atoms with Gasteiger partial charge in [0.25, 0.3) is 0 Å². The van der Waals surface area contributed by atoms with Crippen LogP contribution in [0.3, 0.4) is 0 Å². The van der Waals surface area contributed by atoms with Crippen LogP contribution in [-0.2, 0) is 22.6 Å². The van der Waals surface area contributed by atoms with Gasteiger partial charge in [0, 0.05) is 13.1 Å². The third-order valence-corrected chi connectivity index (χ3v) is 4.61. The van der Waals surface area contributed by atoms with E-state index in [9.17, 15) is 9.59 Å². The van der Waals surface area contributed by atoms with Gasteiger partial charge in [-0.15, -0.1) is 0 Å². The highest BCUT2D eigenvalue weighted by molar-refractivity contribution is 5.84. The first-order valence-corrected chi connectivity index (χ1v) is 8.48. The number of nitrogens with one attached hydrogen (secondary N) is 1. The number of hydrogen-bond donors (Lipinski definition) is 2. The number of amides is 2. The van der Waals surface area contributed by atoms with E-state index in [4.69, 9.17) is 5.73 Å². The molecule has 0 radical (unpaired) electrons. The molecule has 0 spiro atoms. The zero-order chi connectivity index (χ0) is 17.8. The Labute approximate surface area is 147 Å². The summed E-state index contributed by atoms with van der Waals surface area (Å²) in [5, 5.41) is 2.92. The first-order valence-electron chi connectivity index (χ1n) is 8.48. The van der Waals surface area contributed by atoms with Crippen LogP contribution in [0.15, 0.2) is 48.5 Å². The van der Waals surface area contributed by atoms with Gasteiger partial charge < -0.3 is 11.1 Å². The lowest BCUT2D eigenvalue weighted by atomic mass is 9.92. The molecular formula is C20H23N3O2. The lowest BCUT2D eigenvalue weighted by Gasteiger charge is -2.34. The molecule has 2 aromatic carbocycles. The van der Waals surface area contributed by atoms with E-state index in [2.05, 4.69) is 5.32 Å². The normalized spacial score (nSPS) is 16.9. The summed E-state index contributed by atoms with van der Waals surface area (Å²) in [4.78, 5) is 26.2. The second-order valence-corrected chi connectivity index (χ2v) is 6.49. The number of hydrogen-bond acceptors (Lipinski definition) is 3. The van der Waals surface area contributed by atoms with Crippen LogP contribution in [0.25, 0.3) is 0 Å². The van der Waals surface area contributed by atoms with Crippen molar-refractivity contribution >= 4 is 11.8 Å². The Morgan fingerprint density at radius 3 is 2.60 bits per heavy atom. The summed E-state index contributed by atoms with van der Waals surface area (Å²) < 4.78 is 0. The summed E-state index contributed by atoms with van der Waals surface area (Å²) in [5.74, 6) is -0.523. The van der Waals surface area contributed by atoms with Gasteiger partial charge in [-0.05, 0) is 30.0 Å². The van der Waals surface area contributed by atoms with Gasteiger partial charge in [-0.25, -0.2) is 0 Å². The molecule has 0 aliphatic carbocycles. The highest BCUT2D eigenvalue weighted by atomic mass is 16.2. The van der Waals surface area contributed by atoms with Gasteiger partial charge in [0.15, 0.2) is 0 Å². The summed E-state index contributed by atoms with van der Waals surface area (Å²) in [5.41, 5.74) is 9.89. The first-order chi connectivity index (χ1) is 12.0. The fourth-order valence-electron chi connectivity index (χ4n) is 3.27. The maximum atomic E-state index is 12.3. The molecule has 5 nitrogen and oxygen atoms in total. The van der Waals surface area contributed by atoms with Crippen molar-refractivity contribution in [3.63, 3.8) is 0 Å². The Morgan fingerprint density at radius 2 is 1.88 bits per heavy atom. The molecule has 25 heavy (non-hydrogen) atoms. The Balaban J connectivity index is 1.64. The van der Waals surface area contributed by atoms with Crippen LogP contribution in [0.4, 0.5) is 0 Å². The second kappa shape index (κ2) is 7.49. The molecule has 1 heterocycles. The second-order valence-electron chi connectivity index (χ2n) is 6.49. The first kappa shape index (κ1) is 17.2. The van der Waals surface area contributed by atoms with E-state index in [1.165, 1.54) is 5.56 Å². The molecule has 1 atom stereocenters. The van der Waals surface area contributed by atoms with Gasteiger partial charge >= 0.3 is 0 Å². The Bertz CT molecular complexity index is 771. The number of nitrogens with zero attached hydrogens (tertiary/aromatic N) is 1. The predicted octanol–water partition coefficient (Wildman–Crippen LogP) is 1.70. The smallest absolute Gasteiger partial charge is 0.239 e. The lowest BCUT2D eigenvalue weighted by Crippen LogP contribution is -2.46. The molecule has 1 aliphatic heterocycles. The molecule has 0 saturated carbocycles. The summed E-state index contributed by atoms with van der Waals surface area (Å²) in [6.45, 7) is 3.31. The van der Waals surface area contributed by atoms with Gasteiger partial charge in [0.2, 0.25) is 11.8 Å². The van der Waals surface area contributed by atoms with Crippen molar-refractivity contribution in [3.05, 3.63) is 70.8 Å². The van der Waals surface area contributed by atoms with Crippen LogP contribution in [0.2, 0.25) is 0 Å². The van der Waals surface area contributed by atoms with Crippen molar-refractivity contribution in [2.45, 2.75) is 25.9 Å². The molecule has 0 bridgehead atoms. The number of fused-ring (bicyclic) bond motifs is 1. The Hall–Kier alpha value is -2.66. The predicted molar refractivity (Wildman–Crippen MR) is 96.7 cm³/mol. The summed E-state index contributed by atoms with van der Waals surface area (Å²) in [6, 6.07) is 15.3. The number of carbonyl (C=O) groups excluding carboxylic acids is 2. The van der Waals surface area contributed by atoms with Crippen molar-refractivity contribution in [2.24, 2.45) is 5.73 Å². The minimum absolute atomic E-state index is 0.105. The van der Waals surface area contributed by atoms with Crippen molar-refractivity contribution in [3.8, 4) is 0 Å². The molecule has 2 aromatic rings. The van der Waals surface area contributed by atoms with E-state index in [-0.39, 0.29) is 12.5 Å². The SMILES string of the molecule is Cc1ccc(CNC(=O)CN2CCc3ccccc3[C@H]2C(N)=O)cc1. The molecular weight excluding hydrogens is 314 g/mol. The maximum Gasteiger partial charge on any atom is 0.239 e. The van der Waals surface area contributed by atoms with Gasteiger partial charge in [-0.1, -0.05) is 54.1 Å². The highest BCUT2D eigenvalue weighted by Gasteiger charge is 2.32. The number of primary amides is 1. The molecule has 3 N–H and O–H groups in total. The quantitative estimate of drug-likeness (QED) is 0.872. The van der Waals surface area contributed by atoms with E-state index in [1.807, 2.05) is 60.4 Å². The number of nitrogens with two attached hydrogens (primary N) is 1. The van der Waals surface area contributed by atoms with Gasteiger partial charge in [-0.2, -0.15) is 0 Å². The minimum atomic E-state index is -0.546. The molecule has 0 saturated heterocycles. The van der Waals surface area contributed by atoms with Gasteiger partial charge in [0.05, 0.1) is 6.54 Å². The largest absolute Gasteiger partial charge is 0.368 e. The van der Waals surface area contributed by atoms with Crippen LogP contribution in [0, 0.1) is 6.92 Å². The van der Waals surface area contributed by atoms with Crippen LogP contribution in [0.1, 0.15) is 28.3 Å². The van der Waals surface area contributed by atoms with E-state index < -0.39 is 11.9 Å².